The van der Waals surface area contributed by atoms with Crippen molar-refractivity contribution in [2.45, 2.75) is 81.9 Å². The zero-order chi connectivity index (χ0) is 46.0. The van der Waals surface area contributed by atoms with Crippen LogP contribution in [0.2, 0.25) is 0 Å². The summed E-state index contributed by atoms with van der Waals surface area (Å²) < 4.78 is 46.7. The highest BCUT2D eigenvalue weighted by Gasteiger charge is 2.38. The molecule has 2 saturated heterocycles. The van der Waals surface area contributed by atoms with Crippen molar-refractivity contribution in [1.29, 1.82) is 0 Å². The van der Waals surface area contributed by atoms with Crippen LogP contribution in [-0.2, 0) is 14.3 Å². The highest BCUT2D eigenvalue weighted by molar-refractivity contribution is 8.00. The number of thioether (sulfide) groups is 1. The first-order valence-electron chi connectivity index (χ1n) is 21.9. The third-order valence-electron chi connectivity index (χ3n) is 11.9. The predicted octanol–water partition coefficient (Wildman–Crippen LogP) is 10.8. The molecule has 3 aromatic heterocycles. The number of halogens is 3. The number of benzene rings is 3. The van der Waals surface area contributed by atoms with Gasteiger partial charge in [-0.15, -0.1) is 0 Å². The van der Waals surface area contributed by atoms with Crippen molar-refractivity contribution in [2.24, 2.45) is 11.8 Å². The minimum Gasteiger partial charge on any atom is -0.453 e. The number of amides is 3. The fourth-order valence-corrected chi connectivity index (χ4v) is 9.32. The summed E-state index contributed by atoms with van der Waals surface area (Å²) in [4.78, 5) is 58.9. The first kappa shape index (κ1) is 45.3. The Labute approximate surface area is 380 Å². The maximum Gasteiger partial charge on any atom is 0.446 e. The lowest BCUT2D eigenvalue weighted by molar-refractivity contribution is -0.135. The highest BCUT2D eigenvalue weighted by Crippen LogP contribution is 2.40. The summed E-state index contributed by atoms with van der Waals surface area (Å²) in [6.45, 7) is 8.98. The highest BCUT2D eigenvalue weighted by atomic mass is 32.2. The largest absolute Gasteiger partial charge is 0.453 e. The molecule has 0 bridgehead atoms. The number of ether oxygens (including phenoxy) is 1. The van der Waals surface area contributed by atoms with Crippen molar-refractivity contribution in [1.82, 2.24) is 39.6 Å². The number of methoxy groups -OCH3 is 1. The van der Waals surface area contributed by atoms with Crippen LogP contribution in [0, 0.1) is 18.3 Å². The van der Waals surface area contributed by atoms with E-state index in [9.17, 15) is 27.6 Å². The van der Waals surface area contributed by atoms with E-state index in [4.69, 9.17) is 14.7 Å². The second-order valence-corrected chi connectivity index (χ2v) is 18.3. The minimum atomic E-state index is -4.41. The Morgan fingerprint density at radius 3 is 1.71 bits per heavy atom. The molecule has 0 aliphatic carbocycles. The van der Waals surface area contributed by atoms with Gasteiger partial charge in [0.2, 0.25) is 11.8 Å². The maximum atomic E-state index is 13.7. The number of hydrogen-bond donors (Lipinski definition) is 3. The Morgan fingerprint density at radius 2 is 1.23 bits per heavy atom. The van der Waals surface area contributed by atoms with Crippen LogP contribution < -0.4 is 5.32 Å². The van der Waals surface area contributed by atoms with Crippen molar-refractivity contribution in [3.8, 4) is 50.7 Å². The summed E-state index contributed by atoms with van der Waals surface area (Å²) in [5, 5.41) is 2.68. The summed E-state index contributed by atoms with van der Waals surface area (Å²) in [6.07, 6.45) is 8.06. The van der Waals surface area contributed by atoms with E-state index in [2.05, 4.69) is 15.3 Å². The number of likely N-dealkylation sites (tertiary alicyclic amines) is 2. The summed E-state index contributed by atoms with van der Waals surface area (Å²) in [5.74, 6) is 1.27. The van der Waals surface area contributed by atoms with E-state index in [1.807, 2.05) is 110 Å². The van der Waals surface area contributed by atoms with Gasteiger partial charge in [-0.25, -0.2) is 14.8 Å². The number of aromatic amines is 2. The van der Waals surface area contributed by atoms with Crippen molar-refractivity contribution in [3.63, 3.8) is 0 Å². The number of H-pyrrole nitrogens is 2. The molecule has 8 rings (SSSR count). The molecule has 3 aromatic carbocycles. The number of nitrogens with zero attached hydrogens (tertiary/aromatic N) is 5. The molecule has 1 radical (unpaired) electrons. The van der Waals surface area contributed by atoms with Crippen molar-refractivity contribution in [2.75, 3.05) is 20.2 Å². The molecular formula is C49H52F3N8O4S. The van der Waals surface area contributed by atoms with Gasteiger partial charge in [-0.05, 0) is 96.8 Å². The van der Waals surface area contributed by atoms with Gasteiger partial charge < -0.3 is 34.4 Å². The molecule has 5 heterocycles. The van der Waals surface area contributed by atoms with E-state index >= 15 is 0 Å². The summed E-state index contributed by atoms with van der Waals surface area (Å²) >= 11 is -0.150. The van der Waals surface area contributed by atoms with Gasteiger partial charge in [0, 0.05) is 47.2 Å². The normalized spacial score (nSPS) is 17.0. The predicted molar refractivity (Wildman–Crippen MR) is 244 cm³/mol. The molecule has 2 fully saturated rings. The minimum absolute atomic E-state index is 0.0270. The third kappa shape index (κ3) is 10.0. The molecule has 16 heteroatoms. The van der Waals surface area contributed by atoms with Gasteiger partial charge in [-0.2, -0.15) is 13.2 Å². The van der Waals surface area contributed by atoms with Gasteiger partial charge in [-0.1, -0.05) is 76.2 Å². The standard InChI is InChI=1S/C49H52F3N8O4S/c1-29(2)26-43(61)58-24-6-8-41(58)45-53-27-37(55-45)31-10-14-33(15-11-31)39-22-23-40(60(39)35-18-20-36(21-19-35)65-49(50,51)52)34-16-12-32(13-17-34)38-28-54-46(56-38)42-9-7-25-59(42)47(62)44(30(3)4)57-48(63)64-5/h10-23,26-30,41-42,44H,6-9,24-25H2,1-5H3,(H,53,55)(H,54,56)(H,57,63)/t41-,42-,44-/m0/s1. The van der Waals surface area contributed by atoms with Crippen LogP contribution in [0.25, 0.3) is 50.7 Å². The molecule has 0 unspecified atom stereocenters. The van der Waals surface area contributed by atoms with Gasteiger partial charge in [0.15, 0.2) is 0 Å². The summed E-state index contributed by atoms with van der Waals surface area (Å²) in [7, 11) is 1.27. The van der Waals surface area contributed by atoms with E-state index < -0.39 is 17.6 Å². The lowest BCUT2D eigenvalue weighted by Crippen LogP contribution is -2.51. The number of alkyl carbamates (subject to hydrolysis) is 1. The van der Waals surface area contributed by atoms with Gasteiger partial charge in [0.05, 0.1) is 48.4 Å². The quantitative estimate of drug-likeness (QED) is 0.0980. The van der Waals surface area contributed by atoms with E-state index in [0.717, 1.165) is 70.8 Å². The smallest absolute Gasteiger partial charge is 0.446 e. The topological polar surface area (TPSA) is 141 Å². The van der Waals surface area contributed by atoms with Gasteiger partial charge in [0.25, 0.3) is 0 Å². The molecule has 3 N–H and O–H groups in total. The van der Waals surface area contributed by atoms with Gasteiger partial charge >= 0.3 is 11.6 Å². The third-order valence-corrected chi connectivity index (χ3v) is 12.7. The van der Waals surface area contributed by atoms with Crippen molar-refractivity contribution < 1.29 is 32.3 Å². The molecular weight excluding hydrogens is 854 g/mol. The second kappa shape index (κ2) is 19.0. The first-order chi connectivity index (χ1) is 31.2. The van der Waals surface area contributed by atoms with Gasteiger partial charge in [-0.3, -0.25) is 9.59 Å². The van der Waals surface area contributed by atoms with E-state index in [1.165, 1.54) is 19.2 Å². The SMILES string of the molecule is COC(=O)N[C@H](C(=O)N1CCC[C@H]1c1nc(-c2ccc(-c3ccc(-c4ccc(-c5c[nH]c([C@@H]6CCCN6C(=O)[CH]C(C)C)n5)cc4)n3-c3ccc(SC(F)(F)F)cc3)cc2)c[nH]1)C(C)C. The monoisotopic (exact) mass is 905 g/mol. The summed E-state index contributed by atoms with van der Waals surface area (Å²) in [6, 6.07) is 25.1. The van der Waals surface area contributed by atoms with Crippen LogP contribution in [0.5, 0.6) is 0 Å². The fourth-order valence-electron chi connectivity index (χ4n) is 8.78. The number of aromatic nitrogens is 5. The van der Waals surface area contributed by atoms with Crippen molar-refractivity contribution >= 4 is 29.7 Å². The number of carbonyl (C=O) groups is 3. The number of nitrogens with one attached hydrogen (secondary N) is 3. The average molecular weight is 906 g/mol. The molecule has 2 aliphatic rings. The Morgan fingerprint density at radius 1 is 0.738 bits per heavy atom. The lowest BCUT2D eigenvalue weighted by atomic mass is 10.0. The Kier molecular flexibility index (Phi) is 13.3. The zero-order valence-corrected chi connectivity index (χ0v) is 37.7. The fraction of sp³-hybridized carbons (Fsp3) is 0.347. The number of carbonyl (C=O) groups excluding carboxylic acids is 3. The molecule has 0 saturated carbocycles. The van der Waals surface area contributed by atoms with Gasteiger partial charge in [0.1, 0.15) is 17.7 Å². The van der Waals surface area contributed by atoms with Crippen LogP contribution in [0.15, 0.2) is 102 Å². The number of imidazole rings is 2. The molecule has 2 aliphatic heterocycles. The molecule has 3 amide bonds. The number of rotatable bonds is 13. The van der Waals surface area contributed by atoms with Crippen LogP contribution in [-0.4, -0.2) is 84.0 Å². The molecule has 339 valence electrons. The Bertz CT molecular complexity index is 2620. The van der Waals surface area contributed by atoms with Crippen LogP contribution >= 0.6 is 11.8 Å². The maximum absolute atomic E-state index is 13.7. The molecule has 6 aromatic rings. The second-order valence-electron chi connectivity index (χ2n) is 17.1. The van der Waals surface area contributed by atoms with Crippen LogP contribution in [0.4, 0.5) is 18.0 Å². The Balaban J connectivity index is 1.05. The summed E-state index contributed by atoms with van der Waals surface area (Å²) in [5.41, 5.74) is 2.93. The number of hydrogen-bond acceptors (Lipinski definition) is 7. The van der Waals surface area contributed by atoms with Crippen molar-refractivity contribution in [3.05, 3.63) is 115 Å². The lowest BCUT2D eigenvalue weighted by Gasteiger charge is -2.29. The molecule has 0 spiro atoms. The van der Waals surface area contributed by atoms with E-state index in [-0.39, 0.29) is 52.4 Å². The molecule has 3 atom stereocenters. The zero-order valence-electron chi connectivity index (χ0n) is 36.9. The molecule has 65 heavy (non-hydrogen) atoms. The Hall–Kier alpha value is -6.29. The van der Waals surface area contributed by atoms with Crippen LogP contribution in [0.3, 0.4) is 0 Å². The van der Waals surface area contributed by atoms with Crippen LogP contribution in [0.1, 0.15) is 77.1 Å². The average Bonchev–Trinajstić information content (AvgIpc) is 4.14. The number of alkyl halides is 3. The first-order valence-corrected chi connectivity index (χ1v) is 22.7. The molecule has 12 nitrogen and oxygen atoms in total. The van der Waals surface area contributed by atoms with E-state index in [0.29, 0.717) is 30.3 Å². The van der Waals surface area contributed by atoms with E-state index in [1.54, 1.807) is 23.5 Å².